The van der Waals surface area contributed by atoms with Gasteiger partial charge in [-0.25, -0.2) is 15.2 Å². The molecule has 14 nitrogen and oxygen atoms in total. The summed E-state index contributed by atoms with van der Waals surface area (Å²) in [5.74, 6) is -4.20. The van der Waals surface area contributed by atoms with Gasteiger partial charge in [0, 0.05) is 45.1 Å². The minimum atomic E-state index is -1.35. The standard InChI is InChI=1S/C33H58N4O10/c1-14-23-33(8)27(37(34-9)31(40)47-33)19(4)24(35-41)17(2)16-32(7,43-13)28(20(5)25(38)21(6)29(39)45-23)46-30-26(42-12)22(36(10)11)15-18(3)44-30/h17-23,26-28,30,34,41H,14-16H2,1-13H3/b35-24+/t17?,18?,19?,20?,21?,22?,23-,26?,27?,28?,30?,32?,33?/m1/s1. The number of cyclic esters (lactones) is 1. The zero-order valence-corrected chi connectivity index (χ0v) is 30.4. The highest BCUT2D eigenvalue weighted by Crippen LogP contribution is 2.42. The fraction of sp³-hybridized carbons (Fsp3) is 0.879. The number of carbonyl (C=O) groups excluding carboxylic acids is 3. The number of rotatable bonds is 7. The molecule has 270 valence electrons. The van der Waals surface area contributed by atoms with Gasteiger partial charge in [0.15, 0.2) is 17.7 Å². The molecule has 0 aromatic heterocycles. The number of Topliss-reactive ketones (excluding diaryl/α,β-unsaturated/α-hetero) is 1. The lowest BCUT2D eigenvalue weighted by Crippen LogP contribution is -2.61. The average molecular weight is 671 g/mol. The number of oxime groups is 1. The van der Waals surface area contributed by atoms with Crippen LogP contribution in [-0.4, -0.2) is 128 Å². The van der Waals surface area contributed by atoms with E-state index in [4.69, 9.17) is 28.4 Å². The number of esters is 1. The van der Waals surface area contributed by atoms with E-state index in [9.17, 15) is 19.6 Å². The highest BCUT2D eigenvalue weighted by Gasteiger charge is 2.60. The Morgan fingerprint density at radius 1 is 1.09 bits per heavy atom. The van der Waals surface area contributed by atoms with Gasteiger partial charge in [-0.05, 0) is 61.1 Å². The van der Waals surface area contributed by atoms with Crippen LogP contribution in [0.3, 0.4) is 0 Å². The van der Waals surface area contributed by atoms with Crippen molar-refractivity contribution < 1.29 is 48.0 Å². The molecule has 2 N–H and O–H groups in total. The molecular weight excluding hydrogens is 612 g/mol. The molecule has 0 spiro atoms. The normalized spacial score (nSPS) is 43.4. The number of carbonyl (C=O) groups is 3. The van der Waals surface area contributed by atoms with Crippen molar-refractivity contribution in [3.05, 3.63) is 0 Å². The van der Waals surface area contributed by atoms with Gasteiger partial charge in [-0.3, -0.25) is 9.59 Å². The Hall–Kier alpha value is -2.36. The van der Waals surface area contributed by atoms with E-state index >= 15 is 0 Å². The summed E-state index contributed by atoms with van der Waals surface area (Å²) in [4.78, 5) is 43.1. The van der Waals surface area contributed by atoms with Gasteiger partial charge < -0.3 is 38.5 Å². The number of ketones is 1. The number of nitrogens with one attached hydrogen (secondary N) is 1. The summed E-state index contributed by atoms with van der Waals surface area (Å²) in [6, 6.07) is -0.775. The molecule has 0 aromatic carbocycles. The van der Waals surface area contributed by atoms with Crippen molar-refractivity contribution in [3.63, 3.8) is 0 Å². The van der Waals surface area contributed by atoms with E-state index in [0.29, 0.717) is 18.6 Å². The smallest absolute Gasteiger partial charge is 0.425 e. The Morgan fingerprint density at radius 2 is 1.72 bits per heavy atom. The van der Waals surface area contributed by atoms with E-state index < -0.39 is 83.4 Å². The minimum Gasteiger partial charge on any atom is -0.458 e. The second-order valence-electron chi connectivity index (χ2n) is 14.1. The number of nitrogens with zero attached hydrogens (tertiary/aromatic N) is 3. The van der Waals surface area contributed by atoms with Gasteiger partial charge in [-0.2, -0.15) is 0 Å². The van der Waals surface area contributed by atoms with Gasteiger partial charge >= 0.3 is 12.1 Å². The fourth-order valence-electron chi connectivity index (χ4n) is 8.05. The van der Waals surface area contributed by atoms with Crippen molar-refractivity contribution in [2.24, 2.45) is 28.8 Å². The number of amides is 1. The summed E-state index contributed by atoms with van der Waals surface area (Å²) in [5, 5.41) is 15.6. The zero-order valence-electron chi connectivity index (χ0n) is 30.4. The second-order valence-corrected chi connectivity index (χ2v) is 14.1. The van der Waals surface area contributed by atoms with Crippen LogP contribution in [-0.2, 0) is 38.0 Å². The summed E-state index contributed by atoms with van der Waals surface area (Å²) in [5.41, 5.74) is 0.766. The summed E-state index contributed by atoms with van der Waals surface area (Å²) in [6.45, 7) is 14.3. The number of likely N-dealkylation sites (N-methyl/N-ethyl adjacent to an activating group) is 1. The van der Waals surface area contributed by atoms with Crippen LogP contribution in [0.25, 0.3) is 0 Å². The molecule has 0 bridgehead atoms. The molecule has 3 heterocycles. The molecule has 47 heavy (non-hydrogen) atoms. The Balaban J connectivity index is 2.18. The summed E-state index contributed by atoms with van der Waals surface area (Å²) < 4.78 is 37.1. The molecule has 0 saturated carbocycles. The van der Waals surface area contributed by atoms with Crippen LogP contribution in [0.1, 0.15) is 74.7 Å². The van der Waals surface area contributed by atoms with Crippen LogP contribution in [0.15, 0.2) is 5.16 Å². The first-order valence-electron chi connectivity index (χ1n) is 16.7. The molecule has 3 saturated heterocycles. The van der Waals surface area contributed by atoms with E-state index in [-0.39, 0.29) is 18.6 Å². The van der Waals surface area contributed by atoms with Crippen molar-refractivity contribution in [1.29, 1.82) is 0 Å². The van der Waals surface area contributed by atoms with E-state index in [1.54, 1.807) is 28.0 Å². The quantitative estimate of drug-likeness (QED) is 0.177. The predicted molar refractivity (Wildman–Crippen MR) is 173 cm³/mol. The van der Waals surface area contributed by atoms with E-state index in [0.717, 1.165) is 0 Å². The van der Waals surface area contributed by atoms with Crippen LogP contribution < -0.4 is 5.43 Å². The summed E-state index contributed by atoms with van der Waals surface area (Å²) in [6.07, 6.45) is -2.74. The Morgan fingerprint density at radius 3 is 2.23 bits per heavy atom. The first-order valence-corrected chi connectivity index (χ1v) is 16.7. The first-order chi connectivity index (χ1) is 22.0. The maximum absolute atomic E-state index is 14.2. The highest BCUT2D eigenvalue weighted by molar-refractivity contribution is 6.00. The number of hydrazine groups is 1. The van der Waals surface area contributed by atoms with Gasteiger partial charge in [0.05, 0.1) is 23.5 Å². The minimum absolute atomic E-state index is 0.0272. The Labute approximate surface area is 279 Å². The molecule has 13 atom stereocenters. The van der Waals surface area contributed by atoms with E-state index in [1.807, 2.05) is 48.7 Å². The first kappa shape index (κ1) is 39.1. The lowest BCUT2D eigenvalue weighted by molar-refractivity contribution is -0.299. The topological polar surface area (TPSA) is 158 Å². The molecule has 0 aliphatic carbocycles. The van der Waals surface area contributed by atoms with Crippen molar-refractivity contribution in [3.8, 4) is 0 Å². The third kappa shape index (κ3) is 7.47. The van der Waals surface area contributed by atoms with Crippen molar-refractivity contribution in [2.75, 3.05) is 35.4 Å². The van der Waals surface area contributed by atoms with Crippen LogP contribution in [0, 0.1) is 23.7 Å². The van der Waals surface area contributed by atoms with E-state index in [1.165, 1.54) is 19.0 Å². The predicted octanol–water partition coefficient (Wildman–Crippen LogP) is 3.24. The van der Waals surface area contributed by atoms with Gasteiger partial charge in [0.1, 0.15) is 24.2 Å². The molecule has 3 fully saturated rings. The lowest BCUT2D eigenvalue weighted by Gasteiger charge is -2.48. The van der Waals surface area contributed by atoms with Crippen molar-refractivity contribution >= 4 is 23.6 Å². The molecule has 0 radical (unpaired) electrons. The molecule has 3 aliphatic heterocycles. The molecule has 1 amide bonds. The average Bonchev–Trinajstić information content (AvgIpc) is 3.29. The lowest BCUT2D eigenvalue weighted by atomic mass is 9.73. The third-order valence-corrected chi connectivity index (χ3v) is 10.7. The van der Waals surface area contributed by atoms with Gasteiger partial charge in [0.2, 0.25) is 0 Å². The highest BCUT2D eigenvalue weighted by atomic mass is 16.7. The zero-order chi connectivity index (χ0) is 35.6. The second kappa shape index (κ2) is 15.5. The molecule has 12 unspecified atom stereocenters. The third-order valence-electron chi connectivity index (χ3n) is 10.7. The van der Waals surface area contributed by atoms with Crippen LogP contribution >= 0.6 is 0 Å². The Bertz CT molecular complexity index is 1150. The Kier molecular flexibility index (Phi) is 12.9. The van der Waals surface area contributed by atoms with Gasteiger partial charge in [-0.15, -0.1) is 0 Å². The van der Waals surface area contributed by atoms with Crippen molar-refractivity contribution in [2.45, 2.75) is 129 Å². The summed E-state index contributed by atoms with van der Waals surface area (Å²) >= 11 is 0. The molecule has 3 aliphatic rings. The fourth-order valence-corrected chi connectivity index (χ4v) is 8.05. The number of hydrogen-bond donors (Lipinski definition) is 2. The van der Waals surface area contributed by atoms with Gasteiger partial charge in [0.25, 0.3) is 0 Å². The maximum atomic E-state index is 14.2. The van der Waals surface area contributed by atoms with Gasteiger partial charge in [-0.1, -0.05) is 32.9 Å². The van der Waals surface area contributed by atoms with Crippen LogP contribution in [0.5, 0.6) is 0 Å². The monoisotopic (exact) mass is 670 g/mol. The number of fused-ring (bicyclic) bond motifs is 1. The number of hydrogen-bond acceptors (Lipinski definition) is 13. The molecule has 0 aromatic rings. The van der Waals surface area contributed by atoms with Crippen molar-refractivity contribution in [1.82, 2.24) is 15.3 Å². The molecule has 3 rings (SSSR count). The van der Waals surface area contributed by atoms with Crippen LogP contribution in [0.2, 0.25) is 0 Å². The summed E-state index contributed by atoms with van der Waals surface area (Å²) in [7, 11) is 8.67. The number of methoxy groups -OCH3 is 2. The van der Waals surface area contributed by atoms with Crippen LogP contribution in [0.4, 0.5) is 4.79 Å². The maximum Gasteiger partial charge on any atom is 0.425 e. The largest absolute Gasteiger partial charge is 0.458 e. The molecule has 14 heteroatoms. The molecular formula is C33H58N4O10. The SMILES string of the molecule is CC[C@H]1OC(=O)C(C)C(=O)C(C)C(OC2OC(C)CC(N(C)C)C2OC)C(C)(OC)CC(C)/C(=N\O)C(C)C2N(NC)C(=O)OC21C. The number of ether oxygens (including phenoxy) is 6. The van der Waals surface area contributed by atoms with E-state index in [2.05, 4.69) is 15.5 Å².